The van der Waals surface area contributed by atoms with Crippen LogP contribution in [0.5, 0.6) is 0 Å². The van der Waals surface area contributed by atoms with Gasteiger partial charge in [0.2, 0.25) is 62.4 Å². The molecule has 0 unspecified atom stereocenters. The predicted molar refractivity (Wildman–Crippen MR) is 432 cm³/mol. The van der Waals surface area contributed by atoms with Crippen molar-refractivity contribution < 1.29 is 192 Å². The first-order valence-corrected chi connectivity index (χ1v) is 46.8. The van der Waals surface area contributed by atoms with Crippen molar-refractivity contribution in [2.75, 3.05) is 39.6 Å². The predicted octanol–water partition coefficient (Wildman–Crippen LogP) is 11.9. The quantitative estimate of drug-likeness (QED) is 0.0167. The minimum Gasteiger partial charge on any atom is -0.726 e. The maximum Gasteiger partial charge on any atom is 1.00 e. The van der Waals surface area contributed by atoms with E-state index in [4.69, 9.17) is 0 Å². The summed E-state index contributed by atoms with van der Waals surface area (Å²) in [6.07, 6.45) is 77.8. The summed E-state index contributed by atoms with van der Waals surface area (Å²) in [7, 11) is -27.0. The Kier molecular flexibility index (Phi) is 131. The summed E-state index contributed by atoms with van der Waals surface area (Å²) in [6.45, 7) is 16.1. The van der Waals surface area contributed by atoms with E-state index in [9.17, 15) is 77.8 Å². The monoisotopic (exact) mass is 1730 g/mol. The molecule has 0 bridgehead atoms. The summed E-state index contributed by atoms with van der Waals surface area (Å²) in [5, 5.41) is 0. The maximum atomic E-state index is 10.2. The number of rotatable bonds is 70. The molecule has 0 aromatic rings. The van der Waals surface area contributed by atoms with Crippen LogP contribution in [0.1, 0.15) is 362 Å². The largest absolute Gasteiger partial charge is 1.00 e. The van der Waals surface area contributed by atoms with Crippen molar-refractivity contribution in [2.24, 2.45) is 0 Å². The minimum atomic E-state index is -4.50. The van der Waals surface area contributed by atoms with Crippen molar-refractivity contribution in [1.29, 1.82) is 0 Å². The fourth-order valence-electron chi connectivity index (χ4n) is 9.50. The first-order chi connectivity index (χ1) is 49.4. The molecule has 0 spiro atoms. The molecule has 648 valence electrons. The maximum absolute atomic E-state index is 10.2. The molecule has 0 amide bonds. The number of quaternary nitrogens is 3. The van der Waals surface area contributed by atoms with Crippen LogP contribution in [0.4, 0.5) is 0 Å². The Morgan fingerprint density at radius 2 is 0.345 bits per heavy atom. The Morgan fingerprint density at radius 1 is 0.209 bits per heavy atom. The molecule has 0 saturated heterocycles. The fraction of sp³-hybridized carbons (Fsp3) is 0.838. The van der Waals surface area contributed by atoms with Crippen LogP contribution in [0, 0.1) is 0 Å². The van der Waals surface area contributed by atoms with E-state index in [2.05, 4.69) is 115 Å². The standard InChI is InChI=1S/C16H32O4S.C14H28O4S.2C12H24O4S.2C10H20O4S.3H3N.3Na/c1-2-3-4-5-6-7-8-9-10-11-12-13-14-15-16-20-21(17,18)19;1-2-3-4-5-6-7-8-9-10-11-12-13-14-18-19(15,16)17;2*1-2-3-4-5-6-7-8-9-10-11-12-16-17(13,14)15;2*1-2-3-4-5-6-7-8-9-10-14-15(11,12)13;;;;;;/h7-8H,2-6,9-16H2,1H3,(H,17,18,19);5-6H,2-4,7-14H2,1H3,(H,15,16,17);2*3-4H,2,5-12H2,1H3,(H,13,14,15);2*2H,1,3-10H2,(H,11,12,13);3*1H3;;;/q;;;;;;;;;3*+1/p-3/b8-7+;6-5+;2*4-3+;;;;;;;;. The average Bonchev–Trinajstić information content (AvgIpc) is 1.03. The molecule has 36 heteroatoms. The van der Waals surface area contributed by atoms with E-state index in [0.29, 0.717) is 38.5 Å². The summed E-state index contributed by atoms with van der Waals surface area (Å²) in [4.78, 5) is 0. The zero-order valence-corrected chi connectivity index (χ0v) is 81.3. The van der Waals surface area contributed by atoms with Gasteiger partial charge in [0, 0.05) is 0 Å². The van der Waals surface area contributed by atoms with Crippen LogP contribution in [0.2, 0.25) is 0 Å². The molecular weight excluding hydrogens is 1580 g/mol. The first kappa shape index (κ1) is 137. The molecule has 0 rings (SSSR count). The van der Waals surface area contributed by atoms with Gasteiger partial charge in [0.15, 0.2) is 0 Å². The Morgan fingerprint density at radius 3 is 0.500 bits per heavy atom. The molecular formula is C74H154N3Na3O24S6. The van der Waals surface area contributed by atoms with Gasteiger partial charge in [-0.2, -0.15) is 0 Å². The van der Waals surface area contributed by atoms with Crippen LogP contribution in [0.15, 0.2) is 73.9 Å². The van der Waals surface area contributed by atoms with Gasteiger partial charge in [0.05, 0.1) is 39.6 Å². The fourth-order valence-corrected chi connectivity index (χ4v) is 11.4. The minimum absolute atomic E-state index is 0. The third-order valence-corrected chi connectivity index (χ3v) is 17.9. The summed E-state index contributed by atoms with van der Waals surface area (Å²) in [5.41, 5.74) is 0. The van der Waals surface area contributed by atoms with Crippen LogP contribution in [-0.2, 0) is 87.5 Å². The molecule has 12 N–H and O–H groups in total. The van der Waals surface area contributed by atoms with Gasteiger partial charge < -0.3 is 45.8 Å². The molecule has 110 heavy (non-hydrogen) atoms. The molecule has 0 aromatic carbocycles. The van der Waals surface area contributed by atoms with Crippen LogP contribution >= 0.6 is 0 Å². The molecule has 0 saturated carbocycles. The molecule has 0 fully saturated rings. The number of allylic oxidation sites excluding steroid dienone is 10. The molecule has 0 radical (unpaired) electrons. The number of hydrogen-bond acceptors (Lipinski definition) is 24. The Labute approximate surface area is 740 Å². The third-order valence-electron chi connectivity index (χ3n) is 15.1. The molecule has 27 nitrogen and oxygen atoms in total. The molecule has 0 aliphatic carbocycles. The Balaban J connectivity index is -0.000000104. The van der Waals surface area contributed by atoms with Crippen LogP contribution < -0.4 is 107 Å². The second-order valence-corrected chi connectivity index (χ2v) is 31.4. The number of unbranched alkanes of at least 4 members (excludes halogenated alkanes) is 42. The van der Waals surface area contributed by atoms with Crippen LogP contribution in [-0.4, -0.2) is 117 Å². The smallest absolute Gasteiger partial charge is 0.726 e. The molecule has 0 aromatic heterocycles. The van der Waals surface area contributed by atoms with E-state index < -0.39 is 62.4 Å². The van der Waals surface area contributed by atoms with E-state index in [1.54, 1.807) is 0 Å². The van der Waals surface area contributed by atoms with Crippen molar-refractivity contribution in [3.05, 3.63) is 73.9 Å². The zero-order chi connectivity index (χ0) is 79.3. The van der Waals surface area contributed by atoms with Gasteiger partial charge in [-0.1, -0.05) is 275 Å². The number of hydrogen-bond donors (Lipinski definition) is 3. The molecule has 0 heterocycles. The third kappa shape index (κ3) is 168. The SMILES string of the molecule is C=CCCCCCCCCOS(=O)(=O)[O-].C=CCCCCCCCCOS(=O)(=O)[O-].CC/C=C/CCCCCCCCOS(=O)(=O)[O-].CC/C=C/CCCCCCCCOS(=O)(=O)[O-].CCCC/C=C/CCCCCCCCOS(=O)(=O)[O-].CCCCCC/C=C/CCCCCCCCOS(=O)(=O)[O-].[NH4+].[NH4+].[NH4+].[Na+].[Na+].[Na+]. The molecule has 0 aliphatic rings. The van der Waals surface area contributed by atoms with E-state index in [1.165, 1.54) is 116 Å². The second-order valence-electron chi connectivity index (χ2n) is 25.1. The van der Waals surface area contributed by atoms with Crippen molar-refractivity contribution in [2.45, 2.75) is 362 Å². The van der Waals surface area contributed by atoms with Crippen molar-refractivity contribution in [1.82, 2.24) is 18.5 Å². The van der Waals surface area contributed by atoms with Gasteiger partial charge in [-0.3, -0.25) is 25.1 Å². The zero-order valence-electron chi connectivity index (χ0n) is 70.4. The van der Waals surface area contributed by atoms with Gasteiger partial charge in [0.1, 0.15) is 0 Å². The van der Waals surface area contributed by atoms with E-state index in [0.717, 1.165) is 180 Å². The Hall–Kier alpha value is 0.540. The van der Waals surface area contributed by atoms with E-state index in [1.807, 2.05) is 12.2 Å². The van der Waals surface area contributed by atoms with Gasteiger partial charge >= 0.3 is 88.7 Å². The second kappa shape index (κ2) is 106. The summed E-state index contributed by atoms with van der Waals surface area (Å²) < 4.78 is 207. The van der Waals surface area contributed by atoms with Gasteiger partial charge in [-0.25, -0.2) is 50.5 Å². The van der Waals surface area contributed by atoms with Crippen molar-refractivity contribution in [3.8, 4) is 0 Å². The topological polar surface area (TPSA) is 508 Å². The Bertz CT molecular complexity index is 2560. The van der Waals surface area contributed by atoms with E-state index in [-0.39, 0.29) is 147 Å². The van der Waals surface area contributed by atoms with Gasteiger partial charge in [-0.05, 0) is 148 Å². The van der Waals surface area contributed by atoms with Crippen LogP contribution in [0.25, 0.3) is 0 Å². The summed E-state index contributed by atoms with van der Waals surface area (Å²) in [5.74, 6) is 0. The summed E-state index contributed by atoms with van der Waals surface area (Å²) >= 11 is 0. The van der Waals surface area contributed by atoms with Crippen molar-refractivity contribution in [3.63, 3.8) is 0 Å². The van der Waals surface area contributed by atoms with Gasteiger partial charge in [-0.15, -0.1) is 13.2 Å². The van der Waals surface area contributed by atoms with E-state index >= 15 is 0 Å². The molecule has 0 atom stereocenters. The van der Waals surface area contributed by atoms with Crippen molar-refractivity contribution >= 4 is 62.4 Å². The molecule has 0 aliphatic heterocycles. The van der Waals surface area contributed by atoms with Gasteiger partial charge in [0.25, 0.3) is 0 Å². The first-order valence-electron chi connectivity index (χ1n) is 38.8. The summed E-state index contributed by atoms with van der Waals surface area (Å²) in [6, 6.07) is 0. The normalized spacial score (nSPS) is 11.4. The average molecular weight is 1730 g/mol. The van der Waals surface area contributed by atoms with Crippen LogP contribution in [0.3, 0.4) is 0 Å².